The van der Waals surface area contributed by atoms with Gasteiger partial charge in [-0.3, -0.25) is 4.79 Å². The smallest absolute Gasteiger partial charge is 0.220 e. The second-order valence-corrected chi connectivity index (χ2v) is 4.30. The first-order chi connectivity index (χ1) is 7.50. The quantitative estimate of drug-likeness (QED) is 0.729. The number of fused-ring (bicyclic) bond motifs is 1. The van der Waals surface area contributed by atoms with Gasteiger partial charge in [0.25, 0.3) is 0 Å². The molecule has 4 nitrogen and oxygen atoms in total. The van der Waals surface area contributed by atoms with Crippen LogP contribution in [0.15, 0.2) is 6.20 Å². The standard InChI is InChI=1S/C10H13N3O.C2H6/c1-10(2)4-3-7-6(8(10)14)5-12-9(11)13-7;1-2/h5H,3-4H2,1-2H3,(H2,11,12,13);1-2H3. The third-order valence-electron chi connectivity index (χ3n) is 2.73. The van der Waals surface area contributed by atoms with Gasteiger partial charge in [-0.15, -0.1) is 0 Å². The fraction of sp³-hybridized carbons (Fsp3) is 0.583. The Morgan fingerprint density at radius 2 is 2.00 bits per heavy atom. The van der Waals surface area contributed by atoms with Gasteiger partial charge in [0.1, 0.15) is 0 Å². The Bertz CT molecular complexity index is 399. The minimum atomic E-state index is -0.285. The molecule has 0 spiro atoms. The van der Waals surface area contributed by atoms with Crippen molar-refractivity contribution in [3.63, 3.8) is 0 Å². The Balaban J connectivity index is 0.000000606. The van der Waals surface area contributed by atoms with Gasteiger partial charge in [0.2, 0.25) is 5.95 Å². The Kier molecular flexibility index (Phi) is 3.62. The van der Waals surface area contributed by atoms with Crippen LogP contribution < -0.4 is 5.73 Å². The summed E-state index contributed by atoms with van der Waals surface area (Å²) in [5.74, 6) is 0.370. The van der Waals surface area contributed by atoms with Crippen molar-refractivity contribution >= 4 is 11.7 Å². The molecule has 0 amide bonds. The van der Waals surface area contributed by atoms with Gasteiger partial charge < -0.3 is 5.73 Å². The van der Waals surface area contributed by atoms with Crippen molar-refractivity contribution in [3.05, 3.63) is 17.5 Å². The molecule has 4 heteroatoms. The summed E-state index contributed by atoms with van der Waals surface area (Å²) in [6.45, 7) is 7.91. The molecular formula is C12H19N3O. The highest BCUT2D eigenvalue weighted by Gasteiger charge is 2.35. The summed E-state index contributed by atoms with van der Waals surface area (Å²) in [7, 11) is 0. The van der Waals surface area contributed by atoms with Gasteiger partial charge >= 0.3 is 0 Å². The van der Waals surface area contributed by atoms with Gasteiger partial charge in [0.05, 0.1) is 11.3 Å². The van der Waals surface area contributed by atoms with Crippen molar-refractivity contribution in [2.24, 2.45) is 5.41 Å². The number of anilines is 1. The molecule has 0 atom stereocenters. The fourth-order valence-corrected chi connectivity index (χ4v) is 1.72. The van der Waals surface area contributed by atoms with Gasteiger partial charge in [0.15, 0.2) is 5.78 Å². The first-order valence-corrected chi connectivity index (χ1v) is 5.67. The number of rotatable bonds is 0. The number of hydrogen-bond acceptors (Lipinski definition) is 4. The highest BCUT2D eigenvalue weighted by atomic mass is 16.1. The van der Waals surface area contributed by atoms with Crippen LogP contribution in [0, 0.1) is 5.41 Å². The van der Waals surface area contributed by atoms with Crippen molar-refractivity contribution in [1.29, 1.82) is 0 Å². The van der Waals surface area contributed by atoms with E-state index in [0.717, 1.165) is 18.5 Å². The molecular weight excluding hydrogens is 202 g/mol. The first kappa shape index (κ1) is 12.6. The molecule has 0 saturated heterocycles. The number of aryl methyl sites for hydroxylation is 1. The predicted molar refractivity (Wildman–Crippen MR) is 64.2 cm³/mol. The zero-order chi connectivity index (χ0) is 12.3. The monoisotopic (exact) mass is 221 g/mol. The van der Waals surface area contributed by atoms with Crippen LogP contribution in [-0.2, 0) is 6.42 Å². The van der Waals surface area contributed by atoms with Gasteiger partial charge in [-0.2, -0.15) is 0 Å². The van der Waals surface area contributed by atoms with Gasteiger partial charge in [-0.1, -0.05) is 27.7 Å². The van der Waals surface area contributed by atoms with E-state index < -0.39 is 0 Å². The Morgan fingerprint density at radius 1 is 1.38 bits per heavy atom. The summed E-state index contributed by atoms with van der Waals surface area (Å²) in [5.41, 5.74) is 6.60. The maximum atomic E-state index is 11.9. The number of carbonyl (C=O) groups is 1. The molecule has 0 radical (unpaired) electrons. The number of nitrogens with two attached hydrogens (primary N) is 1. The number of aromatic nitrogens is 2. The average molecular weight is 221 g/mol. The Hall–Kier alpha value is -1.45. The lowest BCUT2D eigenvalue weighted by atomic mass is 9.75. The molecule has 0 saturated carbocycles. The van der Waals surface area contributed by atoms with Crippen molar-refractivity contribution in [3.8, 4) is 0 Å². The third kappa shape index (κ3) is 2.21. The summed E-state index contributed by atoms with van der Waals surface area (Å²) in [5, 5.41) is 0. The van der Waals surface area contributed by atoms with E-state index >= 15 is 0 Å². The lowest BCUT2D eigenvalue weighted by Crippen LogP contribution is -2.31. The molecule has 1 aromatic rings. The fourth-order valence-electron chi connectivity index (χ4n) is 1.72. The summed E-state index contributed by atoms with van der Waals surface area (Å²) >= 11 is 0. The molecule has 0 aromatic carbocycles. The maximum Gasteiger partial charge on any atom is 0.220 e. The van der Waals surface area contributed by atoms with E-state index in [1.807, 2.05) is 27.7 Å². The summed E-state index contributed by atoms with van der Waals surface area (Å²) in [4.78, 5) is 19.9. The van der Waals surface area contributed by atoms with Crippen LogP contribution in [-0.4, -0.2) is 15.8 Å². The van der Waals surface area contributed by atoms with Gasteiger partial charge in [-0.25, -0.2) is 9.97 Å². The number of hydrogen-bond donors (Lipinski definition) is 1. The molecule has 1 heterocycles. The topological polar surface area (TPSA) is 68.9 Å². The average Bonchev–Trinajstić information content (AvgIpc) is 2.27. The largest absolute Gasteiger partial charge is 0.368 e. The van der Waals surface area contributed by atoms with Crippen molar-refractivity contribution in [2.75, 3.05) is 5.73 Å². The number of carbonyl (C=O) groups excluding carboxylic acids is 1. The summed E-state index contributed by atoms with van der Waals surface area (Å²) in [6.07, 6.45) is 3.18. The normalized spacial score (nSPS) is 17.1. The molecule has 0 fully saturated rings. The molecule has 0 bridgehead atoms. The zero-order valence-corrected chi connectivity index (χ0v) is 10.4. The van der Waals surface area contributed by atoms with Crippen LogP contribution in [0.25, 0.3) is 0 Å². The van der Waals surface area contributed by atoms with Crippen LogP contribution >= 0.6 is 0 Å². The summed E-state index contributed by atoms with van der Waals surface area (Å²) in [6, 6.07) is 0. The van der Waals surface area contributed by atoms with Crippen molar-refractivity contribution in [1.82, 2.24) is 9.97 Å². The van der Waals surface area contributed by atoms with Crippen LogP contribution in [0.5, 0.6) is 0 Å². The highest BCUT2D eigenvalue weighted by molar-refractivity contribution is 6.01. The SMILES string of the molecule is CC.CC1(C)CCc2nc(N)ncc2C1=O. The predicted octanol–water partition coefficient (Wildman–Crippen LogP) is 2.24. The van der Waals surface area contributed by atoms with E-state index in [0.29, 0.717) is 5.56 Å². The van der Waals surface area contributed by atoms with Gasteiger partial charge in [-0.05, 0) is 12.8 Å². The number of Topliss-reactive ketones (excluding diaryl/α,β-unsaturated/α-hetero) is 1. The van der Waals surface area contributed by atoms with Crippen molar-refractivity contribution in [2.45, 2.75) is 40.5 Å². The number of ketones is 1. The lowest BCUT2D eigenvalue weighted by Gasteiger charge is -2.28. The molecule has 0 aliphatic heterocycles. The van der Waals surface area contributed by atoms with Gasteiger partial charge in [0, 0.05) is 11.6 Å². The van der Waals surface area contributed by atoms with Crippen LogP contribution in [0.4, 0.5) is 5.95 Å². The highest BCUT2D eigenvalue weighted by Crippen LogP contribution is 2.33. The molecule has 1 aliphatic carbocycles. The van der Waals surface area contributed by atoms with Crippen LogP contribution in [0.3, 0.4) is 0 Å². The molecule has 1 aliphatic rings. The van der Waals surface area contributed by atoms with Crippen LogP contribution in [0.1, 0.15) is 50.2 Å². The molecule has 2 rings (SSSR count). The third-order valence-corrected chi connectivity index (χ3v) is 2.73. The van der Waals surface area contributed by atoms with E-state index in [1.54, 1.807) is 6.20 Å². The minimum absolute atomic E-state index is 0.124. The zero-order valence-electron chi connectivity index (χ0n) is 10.4. The van der Waals surface area contributed by atoms with E-state index in [1.165, 1.54) is 0 Å². The van der Waals surface area contributed by atoms with E-state index in [9.17, 15) is 4.79 Å². The molecule has 1 aromatic heterocycles. The minimum Gasteiger partial charge on any atom is -0.368 e. The number of nitrogen functional groups attached to an aromatic ring is 1. The Morgan fingerprint density at radius 3 is 2.62 bits per heavy atom. The maximum absolute atomic E-state index is 11.9. The molecule has 16 heavy (non-hydrogen) atoms. The van der Waals surface area contributed by atoms with E-state index in [-0.39, 0.29) is 17.1 Å². The van der Waals surface area contributed by atoms with E-state index in [4.69, 9.17) is 5.73 Å². The first-order valence-electron chi connectivity index (χ1n) is 5.67. The van der Waals surface area contributed by atoms with Crippen LogP contribution in [0.2, 0.25) is 0 Å². The Labute approximate surface area is 96.3 Å². The lowest BCUT2D eigenvalue weighted by molar-refractivity contribution is 0.0809. The second kappa shape index (κ2) is 4.60. The van der Waals surface area contributed by atoms with E-state index in [2.05, 4.69) is 9.97 Å². The molecule has 88 valence electrons. The summed E-state index contributed by atoms with van der Waals surface area (Å²) < 4.78 is 0. The van der Waals surface area contributed by atoms with Crippen molar-refractivity contribution < 1.29 is 4.79 Å². The second-order valence-electron chi connectivity index (χ2n) is 4.30. The number of nitrogens with zero attached hydrogens (tertiary/aromatic N) is 2. The molecule has 2 N–H and O–H groups in total. The molecule has 0 unspecified atom stereocenters.